The number of benzene rings is 7. The maximum atomic E-state index is 14.4. The van der Waals surface area contributed by atoms with Crippen LogP contribution in [0.1, 0.15) is 58.1 Å². The third-order valence-electron chi connectivity index (χ3n) is 12.6. The van der Waals surface area contributed by atoms with Crippen LogP contribution in [0.2, 0.25) is 0 Å². The van der Waals surface area contributed by atoms with Gasteiger partial charge >= 0.3 is 23.9 Å². The second kappa shape index (κ2) is 26.1. The Morgan fingerprint density at radius 2 is 0.816 bits per heavy atom. The van der Waals surface area contributed by atoms with Gasteiger partial charge in [-0.2, -0.15) is 0 Å². The molecule has 7 aromatic carbocycles. The van der Waals surface area contributed by atoms with Crippen molar-refractivity contribution in [1.82, 2.24) is 0 Å². The molecule has 0 spiro atoms. The van der Waals surface area contributed by atoms with Gasteiger partial charge in [0.25, 0.3) is 0 Å². The zero-order valence-corrected chi connectivity index (χ0v) is 41.2. The second-order valence-electron chi connectivity index (χ2n) is 18.0. The van der Waals surface area contributed by atoms with E-state index in [2.05, 4.69) is 0 Å². The molecule has 2 saturated heterocycles. The van der Waals surface area contributed by atoms with E-state index < -0.39 is 91.9 Å². The van der Waals surface area contributed by atoms with Crippen LogP contribution in [0, 0.1) is 0 Å². The average Bonchev–Trinajstić information content (AvgIpc) is 3.77. The van der Waals surface area contributed by atoms with Crippen molar-refractivity contribution >= 4 is 23.9 Å². The first-order valence-electron chi connectivity index (χ1n) is 24.8. The number of aliphatic hydroxyl groups is 1. The van der Waals surface area contributed by atoms with E-state index in [9.17, 15) is 24.3 Å². The number of hydrogen-bond donors (Lipinski definition) is 1. The Balaban J connectivity index is 1.14. The van der Waals surface area contributed by atoms with Gasteiger partial charge in [0.1, 0.15) is 37.6 Å². The molecular formula is C61H56O15. The molecule has 0 saturated carbocycles. The van der Waals surface area contributed by atoms with Crippen LogP contribution >= 0.6 is 0 Å². The first-order chi connectivity index (χ1) is 37.2. The minimum absolute atomic E-state index is 0.0435. The molecule has 1 N–H and O–H groups in total. The molecule has 2 heterocycles. The summed E-state index contributed by atoms with van der Waals surface area (Å²) < 4.78 is 64.3. The standard InChI is InChI=1S/C61H56O15/c62-56(45-28-14-4-15-29-45)70-40-49-51(72-57(63)46-30-16-5-17-31-46)53(73-58(64)47-32-18-6-19-33-47)54(74-59(65)48-34-20-7-21-35-48)60(71-49)75-52-50(39-67-36-42-22-8-1-9-23-42)76-61(66,41-68-37-43-24-10-2-11-25-43)55(52)69-38-44-26-12-3-13-27-44/h1-35,49-55,60,66H,36-41H2/t49-,50-,51+,52-,53+,54-,55+,60-,61?/m1/s1. The predicted octanol–water partition coefficient (Wildman–Crippen LogP) is 8.74. The highest BCUT2D eigenvalue weighted by atomic mass is 16.8. The summed E-state index contributed by atoms with van der Waals surface area (Å²) in [6.45, 7) is -1.00. The summed E-state index contributed by atoms with van der Waals surface area (Å²) in [5.74, 6) is -5.62. The van der Waals surface area contributed by atoms with E-state index in [0.29, 0.717) is 0 Å². The van der Waals surface area contributed by atoms with Gasteiger partial charge in [-0.15, -0.1) is 0 Å². The molecular weight excluding hydrogens is 973 g/mol. The van der Waals surface area contributed by atoms with Crippen LogP contribution in [-0.4, -0.2) is 104 Å². The number of rotatable bonds is 22. The van der Waals surface area contributed by atoms with Gasteiger partial charge in [-0.1, -0.05) is 164 Å². The molecule has 390 valence electrons. The predicted molar refractivity (Wildman–Crippen MR) is 274 cm³/mol. The van der Waals surface area contributed by atoms with Gasteiger partial charge in [0.05, 0.1) is 48.7 Å². The molecule has 0 radical (unpaired) electrons. The number of ether oxygens (including phenoxy) is 10. The first kappa shape index (κ1) is 53.0. The zero-order chi connectivity index (χ0) is 52.5. The molecule has 9 rings (SSSR count). The summed E-state index contributed by atoms with van der Waals surface area (Å²) in [5.41, 5.74) is 2.98. The topological polar surface area (TPSA) is 181 Å². The minimum atomic E-state index is -2.22. The molecule has 76 heavy (non-hydrogen) atoms. The smallest absolute Gasteiger partial charge is 0.338 e. The van der Waals surface area contributed by atoms with Gasteiger partial charge in [-0.05, 0) is 65.2 Å². The fourth-order valence-corrected chi connectivity index (χ4v) is 8.79. The fraction of sp³-hybridized carbons (Fsp3) is 0.246. The number of hydrogen-bond acceptors (Lipinski definition) is 15. The molecule has 2 fully saturated rings. The highest BCUT2D eigenvalue weighted by Crippen LogP contribution is 2.39. The van der Waals surface area contributed by atoms with E-state index in [1.807, 2.05) is 91.0 Å². The molecule has 9 atom stereocenters. The molecule has 2 aliphatic rings. The molecule has 2 aliphatic heterocycles. The molecule has 7 aromatic rings. The monoisotopic (exact) mass is 1030 g/mol. The van der Waals surface area contributed by atoms with Crippen molar-refractivity contribution in [2.75, 3.05) is 19.8 Å². The Bertz CT molecular complexity index is 2920. The van der Waals surface area contributed by atoms with Crippen molar-refractivity contribution in [2.24, 2.45) is 0 Å². The van der Waals surface area contributed by atoms with E-state index in [1.165, 1.54) is 36.4 Å². The van der Waals surface area contributed by atoms with Gasteiger partial charge < -0.3 is 52.5 Å². The van der Waals surface area contributed by atoms with Crippen LogP contribution in [0.4, 0.5) is 0 Å². The Hall–Kier alpha value is -7.86. The lowest BCUT2D eigenvalue weighted by Crippen LogP contribution is -2.64. The van der Waals surface area contributed by atoms with Crippen LogP contribution < -0.4 is 0 Å². The maximum Gasteiger partial charge on any atom is 0.338 e. The van der Waals surface area contributed by atoms with Crippen molar-refractivity contribution in [3.8, 4) is 0 Å². The van der Waals surface area contributed by atoms with E-state index in [4.69, 9.17) is 47.4 Å². The molecule has 0 aliphatic carbocycles. The van der Waals surface area contributed by atoms with Gasteiger partial charge in [0.2, 0.25) is 5.79 Å². The van der Waals surface area contributed by atoms with Gasteiger partial charge in [0.15, 0.2) is 24.6 Å². The van der Waals surface area contributed by atoms with Gasteiger partial charge in [0, 0.05) is 0 Å². The van der Waals surface area contributed by atoms with E-state index in [0.717, 1.165) is 16.7 Å². The van der Waals surface area contributed by atoms with Crippen LogP contribution in [0.5, 0.6) is 0 Å². The number of carbonyl (C=O) groups excluding carboxylic acids is 4. The largest absolute Gasteiger partial charge is 0.459 e. The molecule has 0 aromatic heterocycles. The van der Waals surface area contributed by atoms with Crippen molar-refractivity contribution in [2.45, 2.75) is 74.6 Å². The first-order valence-corrected chi connectivity index (χ1v) is 24.8. The third kappa shape index (κ3) is 13.9. The summed E-state index contributed by atoms with van der Waals surface area (Å²) in [7, 11) is 0. The lowest BCUT2D eigenvalue weighted by atomic mass is 9.97. The number of esters is 4. The van der Waals surface area contributed by atoms with Crippen LogP contribution in [-0.2, 0) is 67.2 Å². The van der Waals surface area contributed by atoms with Gasteiger partial charge in [-0.25, -0.2) is 19.2 Å². The maximum absolute atomic E-state index is 14.4. The highest BCUT2D eigenvalue weighted by Gasteiger charge is 2.60. The number of carbonyl (C=O) groups is 4. The summed E-state index contributed by atoms with van der Waals surface area (Å²) in [5, 5.41) is 12.8. The Morgan fingerprint density at radius 3 is 1.29 bits per heavy atom. The van der Waals surface area contributed by atoms with Crippen molar-refractivity contribution in [3.05, 3.63) is 251 Å². The van der Waals surface area contributed by atoms with Crippen molar-refractivity contribution in [1.29, 1.82) is 0 Å². The normalized spacial score (nSPS) is 23.0. The Morgan fingerprint density at radius 1 is 0.421 bits per heavy atom. The lowest BCUT2D eigenvalue weighted by Gasteiger charge is -2.45. The second-order valence-corrected chi connectivity index (χ2v) is 18.0. The molecule has 0 amide bonds. The van der Waals surface area contributed by atoms with E-state index in [-0.39, 0.29) is 48.7 Å². The molecule has 15 heteroatoms. The van der Waals surface area contributed by atoms with Crippen LogP contribution in [0.15, 0.2) is 212 Å². The lowest BCUT2D eigenvalue weighted by molar-refractivity contribution is -0.318. The van der Waals surface area contributed by atoms with Gasteiger partial charge in [-0.3, -0.25) is 0 Å². The molecule has 1 unspecified atom stereocenters. The summed E-state index contributed by atoms with van der Waals surface area (Å²) >= 11 is 0. The van der Waals surface area contributed by atoms with E-state index in [1.54, 1.807) is 84.9 Å². The third-order valence-corrected chi connectivity index (χ3v) is 12.6. The summed E-state index contributed by atoms with van der Waals surface area (Å²) in [6.07, 6.45) is -12.3. The molecule has 15 nitrogen and oxygen atoms in total. The average molecular weight is 1030 g/mol. The Labute approximate surface area is 439 Å². The van der Waals surface area contributed by atoms with E-state index >= 15 is 0 Å². The summed E-state index contributed by atoms with van der Waals surface area (Å²) in [6, 6.07) is 60.4. The van der Waals surface area contributed by atoms with Crippen LogP contribution in [0.25, 0.3) is 0 Å². The highest BCUT2D eigenvalue weighted by molar-refractivity contribution is 5.91. The van der Waals surface area contributed by atoms with Crippen LogP contribution in [0.3, 0.4) is 0 Å². The SMILES string of the molecule is O=C(OC[C@H]1O[C@H](O[C@@H]2[C@@H](COCc3ccccc3)OC(O)(COCc3ccccc3)[C@H]2OCc2ccccc2)[C@H](OC(=O)c2ccccc2)[C@@H](OC(=O)c2ccccc2)[C@H]1OC(=O)c1ccccc1)c1ccccc1. The van der Waals surface area contributed by atoms with Crippen molar-refractivity contribution < 1.29 is 71.7 Å². The Kier molecular flexibility index (Phi) is 18.2. The zero-order valence-electron chi connectivity index (χ0n) is 41.2. The quantitative estimate of drug-likeness (QED) is 0.0503. The summed E-state index contributed by atoms with van der Waals surface area (Å²) in [4.78, 5) is 56.7. The minimum Gasteiger partial charge on any atom is -0.459 e. The fourth-order valence-electron chi connectivity index (χ4n) is 8.79. The molecule has 0 bridgehead atoms. The van der Waals surface area contributed by atoms with Crippen molar-refractivity contribution in [3.63, 3.8) is 0 Å².